The van der Waals surface area contributed by atoms with E-state index in [4.69, 9.17) is 4.84 Å². The third-order valence-electron chi connectivity index (χ3n) is 9.40. The molecule has 5 nitrogen and oxygen atoms in total. The Morgan fingerprint density at radius 1 is 0.962 bits per heavy atom. The first-order valence-corrected chi connectivity index (χ1v) is 10.4. The van der Waals surface area contributed by atoms with E-state index < -0.39 is 16.6 Å². The molecule has 4 aliphatic rings. The quantitative estimate of drug-likeness (QED) is 0.519. The molecule has 0 radical (unpaired) electrons. The zero-order chi connectivity index (χ0) is 18.8. The molecule has 0 aromatic carbocycles. The van der Waals surface area contributed by atoms with E-state index in [2.05, 4.69) is 19.0 Å². The van der Waals surface area contributed by atoms with Gasteiger partial charge >= 0.3 is 0 Å². The highest BCUT2D eigenvalue weighted by atomic mass is 16.6. The molecular weight excluding hydrogens is 330 g/mol. The Balaban J connectivity index is 1.67. The van der Waals surface area contributed by atoms with Crippen LogP contribution in [0.25, 0.3) is 0 Å². The van der Waals surface area contributed by atoms with Gasteiger partial charge in [0.05, 0.1) is 17.9 Å². The van der Waals surface area contributed by atoms with Gasteiger partial charge in [0.2, 0.25) is 0 Å². The number of oxime groups is 1. The van der Waals surface area contributed by atoms with E-state index in [1.807, 2.05) is 0 Å². The van der Waals surface area contributed by atoms with E-state index in [-0.39, 0.29) is 17.4 Å². The molecule has 3 N–H and O–H groups in total. The lowest BCUT2D eigenvalue weighted by Gasteiger charge is -2.64. The molecule has 5 heteroatoms. The minimum atomic E-state index is -1.11. The lowest BCUT2D eigenvalue weighted by atomic mass is 9.43. The molecule has 0 aromatic heterocycles. The summed E-state index contributed by atoms with van der Waals surface area (Å²) in [6, 6.07) is 0. The molecule has 0 amide bonds. The molecule has 0 aliphatic heterocycles. The molecule has 0 spiro atoms. The summed E-state index contributed by atoms with van der Waals surface area (Å²) >= 11 is 0. The monoisotopic (exact) mass is 365 g/mol. The Bertz CT molecular complexity index is 597. The molecule has 4 rings (SSSR count). The van der Waals surface area contributed by atoms with Crippen LogP contribution < -0.4 is 0 Å². The van der Waals surface area contributed by atoms with Crippen LogP contribution in [0.3, 0.4) is 0 Å². The molecule has 0 bridgehead atoms. The summed E-state index contributed by atoms with van der Waals surface area (Å²) in [5.74, 6) is 1.27. The Labute approximate surface area is 156 Å². The Morgan fingerprint density at radius 2 is 1.73 bits per heavy atom. The van der Waals surface area contributed by atoms with E-state index in [1.54, 1.807) is 0 Å². The van der Waals surface area contributed by atoms with Gasteiger partial charge in [0.1, 0.15) is 12.7 Å². The van der Waals surface area contributed by atoms with Gasteiger partial charge in [-0.2, -0.15) is 0 Å². The maximum Gasteiger partial charge on any atom is 0.111 e. The van der Waals surface area contributed by atoms with Gasteiger partial charge in [0, 0.05) is 5.41 Å². The smallest absolute Gasteiger partial charge is 0.111 e. The topological polar surface area (TPSA) is 82.3 Å². The van der Waals surface area contributed by atoms with Crippen molar-refractivity contribution < 1.29 is 20.2 Å². The Kier molecular flexibility index (Phi) is 4.26. The molecule has 4 saturated carbocycles. The van der Waals surface area contributed by atoms with E-state index in [0.29, 0.717) is 24.7 Å². The van der Waals surface area contributed by atoms with Gasteiger partial charge in [-0.25, -0.2) is 0 Å². The van der Waals surface area contributed by atoms with E-state index >= 15 is 0 Å². The molecule has 4 aliphatic carbocycles. The maximum atomic E-state index is 11.9. The number of aliphatic hydroxyl groups excluding tert-OH is 1. The standard InChI is InChI=1S/C21H35NO4/c1-18-8-6-15(23)12-14(18)4-5-17-16(18)7-9-19(2)20(24,13-22-26-3)10-11-21(17,19)25/h13-17,23-25H,4-12H2,1-3H3/b22-13+/t14-,15+,16+,17-,18+,19-,20+,21+/m1/s1. The summed E-state index contributed by atoms with van der Waals surface area (Å²) in [6.45, 7) is 4.46. The van der Waals surface area contributed by atoms with Crippen molar-refractivity contribution in [2.45, 2.75) is 88.9 Å². The van der Waals surface area contributed by atoms with E-state index in [0.717, 1.165) is 44.9 Å². The van der Waals surface area contributed by atoms with Crippen LogP contribution in [-0.2, 0) is 4.84 Å². The zero-order valence-corrected chi connectivity index (χ0v) is 16.4. The molecule has 26 heavy (non-hydrogen) atoms. The van der Waals surface area contributed by atoms with Gasteiger partial charge in [-0.05, 0) is 81.0 Å². The number of hydrogen-bond acceptors (Lipinski definition) is 5. The molecule has 0 heterocycles. The predicted octanol–water partition coefficient (Wildman–Crippen LogP) is 2.87. The van der Waals surface area contributed by atoms with Crippen LogP contribution in [-0.4, -0.2) is 46.0 Å². The molecule has 8 atom stereocenters. The Morgan fingerprint density at radius 3 is 2.46 bits per heavy atom. The van der Waals surface area contributed by atoms with Crippen LogP contribution in [0.4, 0.5) is 0 Å². The minimum Gasteiger partial charge on any atom is -0.399 e. The normalized spacial score (nSPS) is 56.7. The maximum absolute atomic E-state index is 11.9. The van der Waals surface area contributed by atoms with Gasteiger partial charge in [0.25, 0.3) is 0 Å². The van der Waals surface area contributed by atoms with Crippen molar-refractivity contribution in [2.24, 2.45) is 33.7 Å². The fraction of sp³-hybridized carbons (Fsp3) is 0.952. The third-order valence-corrected chi connectivity index (χ3v) is 9.40. The van der Waals surface area contributed by atoms with E-state index in [9.17, 15) is 15.3 Å². The first-order chi connectivity index (χ1) is 12.2. The van der Waals surface area contributed by atoms with Crippen LogP contribution in [0.15, 0.2) is 5.16 Å². The summed E-state index contributed by atoms with van der Waals surface area (Å²) in [5.41, 5.74) is -2.33. The molecular formula is C21H35NO4. The average Bonchev–Trinajstić information content (AvgIpc) is 2.82. The van der Waals surface area contributed by atoms with Gasteiger partial charge < -0.3 is 20.2 Å². The summed E-state index contributed by atoms with van der Waals surface area (Å²) in [4.78, 5) is 4.83. The number of hydrogen-bond donors (Lipinski definition) is 3. The van der Waals surface area contributed by atoms with Crippen LogP contribution in [0, 0.1) is 28.6 Å². The molecule has 0 saturated heterocycles. The van der Waals surface area contributed by atoms with Gasteiger partial charge in [-0.3, -0.25) is 0 Å². The fourth-order valence-corrected chi connectivity index (χ4v) is 7.60. The van der Waals surface area contributed by atoms with Gasteiger partial charge in [0.15, 0.2) is 0 Å². The van der Waals surface area contributed by atoms with Crippen molar-refractivity contribution in [1.82, 2.24) is 0 Å². The number of rotatable bonds is 2. The largest absolute Gasteiger partial charge is 0.399 e. The highest BCUT2D eigenvalue weighted by Crippen LogP contribution is 2.69. The first kappa shape index (κ1) is 18.7. The second kappa shape index (κ2) is 5.92. The van der Waals surface area contributed by atoms with Crippen LogP contribution >= 0.6 is 0 Å². The van der Waals surface area contributed by atoms with Crippen molar-refractivity contribution in [2.75, 3.05) is 7.11 Å². The fourth-order valence-electron chi connectivity index (χ4n) is 7.60. The molecule has 4 fully saturated rings. The second-order valence-corrected chi connectivity index (χ2v) is 10.1. The van der Waals surface area contributed by atoms with Crippen molar-refractivity contribution in [3.63, 3.8) is 0 Å². The third kappa shape index (κ3) is 2.23. The highest BCUT2D eigenvalue weighted by molar-refractivity contribution is 5.71. The minimum absolute atomic E-state index is 0.150. The van der Waals surface area contributed by atoms with Gasteiger partial charge in [-0.15, -0.1) is 0 Å². The SMILES string of the molecule is CO/N=C/[C@@]1(O)CC[C@]2(O)[C@@H]3CC[C@@H]4C[C@@H](O)CC[C@]4(C)[C@H]3CC[C@]12C. The predicted molar refractivity (Wildman–Crippen MR) is 99.6 cm³/mol. The number of aliphatic hydroxyl groups is 3. The first-order valence-electron chi connectivity index (χ1n) is 10.4. The second-order valence-electron chi connectivity index (χ2n) is 10.1. The molecule has 148 valence electrons. The zero-order valence-electron chi connectivity index (χ0n) is 16.4. The van der Waals surface area contributed by atoms with Crippen molar-refractivity contribution in [1.29, 1.82) is 0 Å². The van der Waals surface area contributed by atoms with Crippen molar-refractivity contribution >= 4 is 6.21 Å². The lowest BCUT2D eigenvalue weighted by Crippen LogP contribution is -2.65. The highest BCUT2D eigenvalue weighted by Gasteiger charge is 2.71. The summed E-state index contributed by atoms with van der Waals surface area (Å²) in [5, 5.41) is 37.3. The summed E-state index contributed by atoms with van der Waals surface area (Å²) < 4.78 is 0. The molecule has 0 aromatic rings. The molecule has 0 unspecified atom stereocenters. The van der Waals surface area contributed by atoms with E-state index in [1.165, 1.54) is 13.3 Å². The Hall–Kier alpha value is -0.650. The van der Waals surface area contributed by atoms with Crippen molar-refractivity contribution in [3.8, 4) is 0 Å². The lowest BCUT2D eigenvalue weighted by molar-refractivity contribution is -0.224. The summed E-state index contributed by atoms with van der Waals surface area (Å²) in [7, 11) is 1.49. The summed E-state index contributed by atoms with van der Waals surface area (Å²) in [6.07, 6.45) is 9.32. The van der Waals surface area contributed by atoms with Gasteiger partial charge in [-0.1, -0.05) is 19.0 Å². The van der Waals surface area contributed by atoms with Crippen LogP contribution in [0.5, 0.6) is 0 Å². The van der Waals surface area contributed by atoms with Crippen LogP contribution in [0.2, 0.25) is 0 Å². The van der Waals surface area contributed by atoms with Crippen LogP contribution in [0.1, 0.15) is 71.6 Å². The number of nitrogens with zero attached hydrogens (tertiary/aromatic N) is 1. The average molecular weight is 366 g/mol. The van der Waals surface area contributed by atoms with Crippen molar-refractivity contribution in [3.05, 3.63) is 0 Å². The number of fused-ring (bicyclic) bond motifs is 5.